The normalized spacial score (nSPS) is 21.6. The fourth-order valence-electron chi connectivity index (χ4n) is 4.41. The maximum atomic E-state index is 11.3. The van der Waals surface area contributed by atoms with Crippen LogP contribution in [0.2, 0.25) is 0 Å². The molecular formula is C23H24ClN5O. The zero-order valence-electron chi connectivity index (χ0n) is 16.8. The largest absolute Gasteiger partial charge is 0.385 e. The van der Waals surface area contributed by atoms with Crippen molar-refractivity contribution in [3.8, 4) is 0 Å². The van der Waals surface area contributed by atoms with E-state index in [0.29, 0.717) is 23.2 Å². The molecule has 0 radical (unpaired) electrons. The molecule has 2 aliphatic rings. The van der Waals surface area contributed by atoms with Crippen LogP contribution in [0.4, 0.5) is 5.82 Å². The van der Waals surface area contributed by atoms with Gasteiger partial charge in [-0.05, 0) is 43.4 Å². The van der Waals surface area contributed by atoms with Crippen molar-refractivity contribution < 1.29 is 5.11 Å². The molecule has 2 aromatic heterocycles. The second kappa shape index (κ2) is 7.22. The number of nitrogen functional groups attached to an aromatic ring is 1. The van der Waals surface area contributed by atoms with Crippen LogP contribution < -0.4 is 5.73 Å². The van der Waals surface area contributed by atoms with Gasteiger partial charge in [0.1, 0.15) is 23.4 Å². The number of hydrogen-bond donors (Lipinski definition) is 2. The van der Waals surface area contributed by atoms with Gasteiger partial charge < -0.3 is 10.8 Å². The SMILES string of the molecule is CC(O)(c1ccccc1)C1CC=C(c2nc(C3CCC3)n3ncnc(N)c23)C=C1Cl. The standard InChI is InChI=1S/C23H24ClN5O/c1-23(30,16-8-3-2-4-9-16)17-11-10-15(12-18(17)24)19-20-21(25)26-13-27-29(20)22(28-19)14-6-5-7-14/h2-4,8-10,12-14,17,30H,5-7,11H2,1H3,(H2,25,26,27). The minimum Gasteiger partial charge on any atom is -0.385 e. The Morgan fingerprint density at radius 1 is 1.23 bits per heavy atom. The molecule has 1 aromatic carbocycles. The molecule has 1 fully saturated rings. The molecule has 154 valence electrons. The number of nitrogens with two attached hydrogens (primary N) is 1. The maximum absolute atomic E-state index is 11.3. The van der Waals surface area contributed by atoms with Gasteiger partial charge in [0, 0.05) is 16.9 Å². The van der Waals surface area contributed by atoms with Gasteiger partial charge in [-0.15, -0.1) is 0 Å². The van der Waals surface area contributed by atoms with Gasteiger partial charge in [0.05, 0.1) is 5.60 Å². The number of nitrogens with zero attached hydrogens (tertiary/aromatic N) is 4. The van der Waals surface area contributed by atoms with Crippen LogP contribution in [0.3, 0.4) is 0 Å². The van der Waals surface area contributed by atoms with E-state index in [1.54, 1.807) is 0 Å². The lowest BCUT2D eigenvalue weighted by molar-refractivity contribution is 0.0124. The highest BCUT2D eigenvalue weighted by atomic mass is 35.5. The average molecular weight is 422 g/mol. The van der Waals surface area contributed by atoms with Crippen molar-refractivity contribution >= 4 is 28.5 Å². The summed E-state index contributed by atoms with van der Waals surface area (Å²) in [4.78, 5) is 9.10. The quantitative estimate of drug-likeness (QED) is 0.651. The minimum absolute atomic E-state index is 0.237. The third-order valence-electron chi connectivity index (χ3n) is 6.47. The molecule has 3 aromatic rings. The molecule has 0 bridgehead atoms. The molecule has 0 saturated heterocycles. The molecule has 6 nitrogen and oxygen atoms in total. The van der Waals surface area contributed by atoms with E-state index in [2.05, 4.69) is 16.2 Å². The Balaban J connectivity index is 1.54. The van der Waals surface area contributed by atoms with E-state index in [1.807, 2.05) is 47.8 Å². The van der Waals surface area contributed by atoms with Crippen molar-refractivity contribution in [3.05, 3.63) is 70.9 Å². The smallest absolute Gasteiger partial charge is 0.153 e. The lowest BCUT2D eigenvalue weighted by Gasteiger charge is -2.34. The van der Waals surface area contributed by atoms with E-state index in [4.69, 9.17) is 22.3 Å². The molecule has 0 amide bonds. The number of benzene rings is 1. The van der Waals surface area contributed by atoms with Crippen LogP contribution in [0.15, 0.2) is 53.8 Å². The monoisotopic (exact) mass is 421 g/mol. The number of hydrogen-bond acceptors (Lipinski definition) is 5. The number of halogens is 1. The van der Waals surface area contributed by atoms with Gasteiger partial charge in [0.2, 0.25) is 0 Å². The molecule has 0 aliphatic heterocycles. The molecule has 2 aliphatic carbocycles. The number of imidazole rings is 1. The first-order valence-electron chi connectivity index (χ1n) is 10.3. The number of allylic oxidation sites excluding steroid dienone is 3. The molecule has 3 N–H and O–H groups in total. The van der Waals surface area contributed by atoms with Gasteiger partial charge in [0.15, 0.2) is 5.82 Å². The fraction of sp³-hybridized carbons (Fsp3) is 0.348. The van der Waals surface area contributed by atoms with Crippen LogP contribution in [-0.4, -0.2) is 24.7 Å². The fourth-order valence-corrected chi connectivity index (χ4v) is 4.83. The Kier molecular flexibility index (Phi) is 4.64. The molecule has 30 heavy (non-hydrogen) atoms. The Bertz CT molecular complexity index is 1160. The van der Waals surface area contributed by atoms with E-state index in [9.17, 15) is 5.11 Å². The van der Waals surface area contributed by atoms with E-state index >= 15 is 0 Å². The van der Waals surface area contributed by atoms with E-state index in [0.717, 1.165) is 41.0 Å². The van der Waals surface area contributed by atoms with Gasteiger partial charge in [-0.3, -0.25) is 0 Å². The summed E-state index contributed by atoms with van der Waals surface area (Å²) in [5.41, 5.74) is 8.35. The molecule has 2 heterocycles. The Morgan fingerprint density at radius 3 is 2.67 bits per heavy atom. The summed E-state index contributed by atoms with van der Waals surface area (Å²) in [6, 6.07) is 9.64. The molecule has 1 saturated carbocycles. The number of rotatable bonds is 4. The van der Waals surface area contributed by atoms with E-state index in [-0.39, 0.29) is 5.92 Å². The van der Waals surface area contributed by atoms with Crippen molar-refractivity contribution in [2.75, 3.05) is 5.73 Å². The Morgan fingerprint density at radius 2 is 2.00 bits per heavy atom. The highest BCUT2D eigenvalue weighted by Crippen LogP contribution is 2.44. The molecule has 2 atom stereocenters. The molecular weight excluding hydrogens is 398 g/mol. The van der Waals surface area contributed by atoms with Crippen LogP contribution in [0.5, 0.6) is 0 Å². The van der Waals surface area contributed by atoms with Crippen LogP contribution in [0.1, 0.15) is 55.6 Å². The second-order valence-corrected chi connectivity index (χ2v) is 8.78. The summed E-state index contributed by atoms with van der Waals surface area (Å²) in [7, 11) is 0. The summed E-state index contributed by atoms with van der Waals surface area (Å²) >= 11 is 6.72. The first-order valence-corrected chi connectivity index (χ1v) is 10.7. The summed E-state index contributed by atoms with van der Waals surface area (Å²) in [5.74, 6) is 1.50. The highest BCUT2D eigenvalue weighted by Gasteiger charge is 2.37. The number of fused-ring (bicyclic) bond motifs is 1. The van der Waals surface area contributed by atoms with Crippen LogP contribution >= 0.6 is 11.6 Å². The summed E-state index contributed by atoms with van der Waals surface area (Å²) < 4.78 is 1.83. The third kappa shape index (κ3) is 3.02. The van der Waals surface area contributed by atoms with Crippen LogP contribution in [-0.2, 0) is 5.60 Å². The lowest BCUT2D eigenvalue weighted by Crippen LogP contribution is -2.32. The molecule has 5 rings (SSSR count). The van der Waals surface area contributed by atoms with Crippen molar-refractivity contribution in [2.45, 2.75) is 44.1 Å². The number of anilines is 1. The van der Waals surface area contributed by atoms with Gasteiger partial charge in [-0.2, -0.15) is 5.10 Å². The van der Waals surface area contributed by atoms with Gasteiger partial charge in [0.25, 0.3) is 0 Å². The predicted octanol–water partition coefficient (Wildman–Crippen LogP) is 4.41. The van der Waals surface area contributed by atoms with Crippen molar-refractivity contribution in [1.82, 2.24) is 19.6 Å². The number of aromatic nitrogens is 4. The summed E-state index contributed by atoms with van der Waals surface area (Å²) in [6.07, 6.45) is 9.47. The second-order valence-electron chi connectivity index (χ2n) is 8.34. The number of aliphatic hydroxyl groups is 1. The molecule has 2 unspecified atom stereocenters. The third-order valence-corrected chi connectivity index (χ3v) is 6.84. The predicted molar refractivity (Wildman–Crippen MR) is 118 cm³/mol. The minimum atomic E-state index is -1.08. The van der Waals surface area contributed by atoms with Crippen LogP contribution in [0.25, 0.3) is 11.1 Å². The molecule has 7 heteroatoms. The first kappa shape index (κ1) is 19.3. The zero-order chi connectivity index (χ0) is 20.9. The van der Waals surface area contributed by atoms with Gasteiger partial charge >= 0.3 is 0 Å². The maximum Gasteiger partial charge on any atom is 0.153 e. The van der Waals surface area contributed by atoms with Crippen molar-refractivity contribution in [1.29, 1.82) is 0 Å². The zero-order valence-corrected chi connectivity index (χ0v) is 17.5. The average Bonchev–Trinajstić information content (AvgIpc) is 3.08. The van der Waals surface area contributed by atoms with E-state index < -0.39 is 5.60 Å². The lowest BCUT2D eigenvalue weighted by atomic mass is 9.78. The summed E-state index contributed by atoms with van der Waals surface area (Å²) in [6.45, 7) is 1.81. The van der Waals surface area contributed by atoms with Gasteiger partial charge in [-0.1, -0.05) is 54.4 Å². The summed E-state index contributed by atoms with van der Waals surface area (Å²) in [5, 5.41) is 16.3. The molecule has 0 spiro atoms. The Labute approximate surface area is 180 Å². The van der Waals surface area contributed by atoms with E-state index in [1.165, 1.54) is 12.7 Å². The van der Waals surface area contributed by atoms with Gasteiger partial charge in [-0.25, -0.2) is 14.5 Å². The topological polar surface area (TPSA) is 89.3 Å². The van der Waals surface area contributed by atoms with Crippen LogP contribution in [0, 0.1) is 5.92 Å². The Hall–Kier alpha value is -2.70. The van der Waals surface area contributed by atoms with Crippen molar-refractivity contribution in [3.63, 3.8) is 0 Å². The van der Waals surface area contributed by atoms with Crippen molar-refractivity contribution in [2.24, 2.45) is 5.92 Å². The first-order chi connectivity index (χ1) is 14.5. The highest BCUT2D eigenvalue weighted by molar-refractivity contribution is 6.31.